The van der Waals surface area contributed by atoms with Crippen molar-refractivity contribution in [3.8, 4) is 0 Å². The molecule has 0 aliphatic carbocycles. The fraction of sp³-hybridized carbons (Fsp3) is 0.214. The lowest BCUT2D eigenvalue weighted by atomic mass is 10.1. The number of nitrogens with zero attached hydrogens (tertiary/aromatic N) is 4. The molecule has 5 rings (SSSR count). The molecule has 2 aromatic heterocycles. The van der Waals surface area contributed by atoms with Gasteiger partial charge in [0, 0.05) is 49.5 Å². The van der Waals surface area contributed by atoms with Crippen LogP contribution in [0.25, 0.3) is 10.9 Å². The van der Waals surface area contributed by atoms with E-state index in [9.17, 15) is 44.3 Å². The Hall–Kier alpha value is -4.73. The normalized spacial score (nSPS) is 14.5. The van der Waals surface area contributed by atoms with E-state index in [2.05, 4.69) is 9.97 Å². The summed E-state index contributed by atoms with van der Waals surface area (Å²) in [4.78, 5) is 35.4. The molecular weight excluding hydrogens is 616 g/mol. The summed E-state index contributed by atoms with van der Waals surface area (Å²) in [6, 6.07) is 11.5. The maximum Gasteiger partial charge on any atom is 0.418 e. The number of anilines is 1. The molecule has 0 saturated carbocycles. The maximum absolute atomic E-state index is 14.1. The number of hydrogen-bond donors (Lipinski definition) is 1. The van der Waals surface area contributed by atoms with Gasteiger partial charge >= 0.3 is 12.4 Å². The smallest absolute Gasteiger partial charge is 0.335 e. The van der Waals surface area contributed by atoms with E-state index >= 15 is 0 Å². The van der Waals surface area contributed by atoms with Gasteiger partial charge in [-0.05, 0) is 42.5 Å². The zero-order valence-electron chi connectivity index (χ0n) is 22.4. The van der Waals surface area contributed by atoms with Crippen LogP contribution in [0.4, 0.5) is 32.0 Å². The third-order valence-electron chi connectivity index (χ3n) is 6.87. The first-order valence-electron chi connectivity index (χ1n) is 12.9. The predicted octanol–water partition coefficient (Wildman–Crippen LogP) is 5.07. The number of rotatable bonds is 5. The summed E-state index contributed by atoms with van der Waals surface area (Å²) < 4.78 is 110. The third kappa shape index (κ3) is 6.15. The molecule has 44 heavy (non-hydrogen) atoms. The molecule has 0 spiro atoms. The lowest BCUT2D eigenvalue weighted by Gasteiger charge is -2.35. The number of amides is 2. The molecule has 0 radical (unpaired) electrons. The van der Waals surface area contributed by atoms with Gasteiger partial charge in [0.1, 0.15) is 10.6 Å². The summed E-state index contributed by atoms with van der Waals surface area (Å²) in [6.45, 7) is -0.742. The number of nitrogens with one attached hydrogen (secondary N) is 1. The van der Waals surface area contributed by atoms with Crippen molar-refractivity contribution in [2.75, 3.05) is 30.9 Å². The van der Waals surface area contributed by atoms with Crippen LogP contribution < -0.4 is 4.72 Å². The average molecular weight is 638 g/mol. The SMILES string of the molecule is O=C(c1ccc(NS(=O)(=O)c2cccc3cccnc23)c(C(F)(F)F)c1)N1CCN(C(=O)c2ncccc2C(F)(F)F)CC1. The number of hydrogen-bond acceptors (Lipinski definition) is 6. The number of pyridine rings is 2. The Morgan fingerprint density at radius 3 is 1.98 bits per heavy atom. The number of aromatic nitrogens is 2. The zero-order valence-corrected chi connectivity index (χ0v) is 23.2. The molecule has 0 unspecified atom stereocenters. The Labute approximate surface area is 246 Å². The highest BCUT2D eigenvalue weighted by Crippen LogP contribution is 2.37. The number of para-hydroxylation sites is 1. The number of fused-ring (bicyclic) bond motifs is 1. The van der Waals surface area contributed by atoms with Crippen molar-refractivity contribution < 1.29 is 44.3 Å². The lowest BCUT2D eigenvalue weighted by Crippen LogP contribution is -2.51. The van der Waals surface area contributed by atoms with Crippen molar-refractivity contribution in [1.29, 1.82) is 0 Å². The Balaban J connectivity index is 1.35. The molecule has 0 atom stereocenters. The van der Waals surface area contributed by atoms with Gasteiger partial charge in [-0.15, -0.1) is 0 Å². The zero-order chi connectivity index (χ0) is 31.9. The first kappa shape index (κ1) is 30.7. The van der Waals surface area contributed by atoms with Gasteiger partial charge in [-0.1, -0.05) is 18.2 Å². The second kappa shape index (κ2) is 11.4. The highest BCUT2D eigenvalue weighted by Gasteiger charge is 2.39. The van der Waals surface area contributed by atoms with Gasteiger partial charge in [0.15, 0.2) is 0 Å². The first-order valence-corrected chi connectivity index (χ1v) is 14.3. The minimum absolute atomic E-state index is 0.0538. The maximum atomic E-state index is 14.1. The van der Waals surface area contributed by atoms with Crippen LogP contribution in [-0.2, 0) is 22.4 Å². The predicted molar refractivity (Wildman–Crippen MR) is 145 cm³/mol. The number of alkyl halides is 6. The van der Waals surface area contributed by atoms with Crippen LogP contribution in [0.2, 0.25) is 0 Å². The number of benzene rings is 2. The van der Waals surface area contributed by atoms with E-state index in [-0.39, 0.29) is 36.6 Å². The van der Waals surface area contributed by atoms with Gasteiger partial charge in [-0.2, -0.15) is 26.3 Å². The topological polar surface area (TPSA) is 113 Å². The largest absolute Gasteiger partial charge is 0.418 e. The lowest BCUT2D eigenvalue weighted by molar-refractivity contribution is -0.138. The Morgan fingerprint density at radius 2 is 1.32 bits per heavy atom. The number of carbonyl (C=O) groups excluding carboxylic acids is 2. The minimum Gasteiger partial charge on any atom is -0.335 e. The van der Waals surface area contributed by atoms with Crippen LogP contribution in [0, 0.1) is 0 Å². The van der Waals surface area contributed by atoms with E-state index < -0.39 is 62.3 Å². The van der Waals surface area contributed by atoms with Crippen molar-refractivity contribution in [3.05, 3.63) is 95.4 Å². The number of sulfonamides is 1. The second-order valence-corrected chi connectivity index (χ2v) is 11.3. The van der Waals surface area contributed by atoms with Crippen LogP contribution in [0.15, 0.2) is 78.0 Å². The summed E-state index contributed by atoms with van der Waals surface area (Å²) >= 11 is 0. The molecule has 1 aliphatic heterocycles. The van der Waals surface area contributed by atoms with Crippen LogP contribution in [-0.4, -0.2) is 66.2 Å². The molecule has 1 N–H and O–H groups in total. The summed E-state index contributed by atoms with van der Waals surface area (Å²) in [5, 5.41) is 0.454. The van der Waals surface area contributed by atoms with Gasteiger partial charge in [0.05, 0.1) is 22.3 Å². The van der Waals surface area contributed by atoms with Crippen LogP contribution in [0.3, 0.4) is 0 Å². The quantitative estimate of drug-likeness (QED) is 0.306. The monoisotopic (exact) mass is 637 g/mol. The van der Waals surface area contributed by atoms with E-state index in [0.29, 0.717) is 11.5 Å². The molecule has 230 valence electrons. The van der Waals surface area contributed by atoms with Gasteiger partial charge in [0.2, 0.25) is 0 Å². The highest BCUT2D eigenvalue weighted by atomic mass is 32.2. The minimum atomic E-state index is -5.06. The van der Waals surface area contributed by atoms with Gasteiger partial charge in [-0.3, -0.25) is 24.3 Å². The van der Waals surface area contributed by atoms with Crippen LogP contribution >= 0.6 is 0 Å². The van der Waals surface area contributed by atoms with E-state index in [1.54, 1.807) is 18.2 Å². The molecule has 1 fully saturated rings. The summed E-state index contributed by atoms with van der Waals surface area (Å²) in [5.41, 5.74) is -4.59. The Morgan fingerprint density at radius 1 is 0.727 bits per heavy atom. The van der Waals surface area contributed by atoms with Crippen molar-refractivity contribution >= 4 is 38.4 Å². The van der Waals surface area contributed by atoms with Gasteiger partial charge in [0.25, 0.3) is 21.8 Å². The van der Waals surface area contributed by atoms with E-state index in [0.717, 1.165) is 40.3 Å². The van der Waals surface area contributed by atoms with Gasteiger partial charge < -0.3 is 9.80 Å². The average Bonchev–Trinajstić information content (AvgIpc) is 2.99. The van der Waals surface area contributed by atoms with Gasteiger partial charge in [-0.25, -0.2) is 8.42 Å². The Kier molecular flexibility index (Phi) is 7.96. The fourth-order valence-corrected chi connectivity index (χ4v) is 6.00. The van der Waals surface area contributed by atoms with Crippen molar-refractivity contribution in [3.63, 3.8) is 0 Å². The highest BCUT2D eigenvalue weighted by molar-refractivity contribution is 7.93. The Bertz CT molecular complexity index is 1850. The molecule has 9 nitrogen and oxygen atoms in total. The number of piperazine rings is 1. The van der Waals surface area contributed by atoms with Crippen molar-refractivity contribution in [2.45, 2.75) is 17.2 Å². The molecule has 3 heterocycles. The third-order valence-corrected chi connectivity index (χ3v) is 8.27. The van der Waals surface area contributed by atoms with E-state index in [1.807, 2.05) is 4.72 Å². The number of halogens is 6. The van der Waals surface area contributed by atoms with Crippen molar-refractivity contribution in [1.82, 2.24) is 19.8 Å². The first-order chi connectivity index (χ1) is 20.7. The van der Waals surface area contributed by atoms with Crippen LogP contribution in [0.1, 0.15) is 32.0 Å². The molecule has 16 heteroatoms. The summed E-state index contributed by atoms with van der Waals surface area (Å²) in [7, 11) is -4.55. The molecule has 2 aromatic carbocycles. The molecule has 4 aromatic rings. The van der Waals surface area contributed by atoms with E-state index in [1.165, 1.54) is 18.3 Å². The molecule has 0 bridgehead atoms. The van der Waals surface area contributed by atoms with Crippen LogP contribution in [0.5, 0.6) is 0 Å². The summed E-state index contributed by atoms with van der Waals surface area (Å²) in [6.07, 6.45) is -7.49. The molecular formula is C28H21F6N5O4S. The van der Waals surface area contributed by atoms with Crippen molar-refractivity contribution in [2.24, 2.45) is 0 Å². The second-order valence-electron chi connectivity index (χ2n) is 9.68. The standard InChI is InChI=1S/C28H21F6N5O4S/c29-27(30,31)19-6-3-11-36-24(19)26(41)39-14-12-38(13-15-39)25(40)18-8-9-21(20(16-18)28(32,33)34)37-44(42,43)22-7-1-4-17-5-2-10-35-23(17)22/h1-11,16,37H,12-15H2. The number of carbonyl (C=O) groups is 2. The fourth-order valence-electron chi connectivity index (χ4n) is 4.74. The molecule has 1 aliphatic rings. The summed E-state index contributed by atoms with van der Waals surface area (Å²) in [5.74, 6) is -1.84. The molecule has 2 amide bonds. The van der Waals surface area contributed by atoms with E-state index in [4.69, 9.17) is 0 Å². The molecule has 1 saturated heterocycles.